The Morgan fingerprint density at radius 2 is 2.25 bits per heavy atom. The summed E-state index contributed by atoms with van der Waals surface area (Å²) in [6, 6.07) is -0.149. The topological polar surface area (TPSA) is 100 Å². The number of carbonyl (C=O) groups excluding carboxylic acids is 2. The summed E-state index contributed by atoms with van der Waals surface area (Å²) >= 11 is 7.42. The van der Waals surface area contributed by atoms with E-state index in [1.54, 1.807) is 0 Å². The van der Waals surface area contributed by atoms with E-state index in [0.29, 0.717) is 42.6 Å². The summed E-state index contributed by atoms with van der Waals surface area (Å²) in [5, 5.41) is 4.15. The van der Waals surface area contributed by atoms with Gasteiger partial charge in [0.1, 0.15) is 0 Å². The first-order valence-corrected chi connectivity index (χ1v) is 10.5. The zero-order chi connectivity index (χ0) is 20.3. The number of ether oxygens (including phenoxy) is 1. The smallest absolute Gasteiger partial charge is 0.287 e. The Hall–Kier alpha value is -1.97. The van der Waals surface area contributed by atoms with Crippen molar-refractivity contribution in [1.29, 1.82) is 0 Å². The molecule has 1 fully saturated rings. The van der Waals surface area contributed by atoms with Crippen LogP contribution in [-0.2, 0) is 11.2 Å². The predicted octanol–water partition coefficient (Wildman–Crippen LogP) is 2.62. The number of hydrogen-bond donors (Lipinski definition) is 2. The van der Waals surface area contributed by atoms with Crippen LogP contribution in [0.5, 0.6) is 0 Å². The third-order valence-electron chi connectivity index (χ3n) is 4.75. The van der Waals surface area contributed by atoms with Gasteiger partial charge in [-0.05, 0) is 26.7 Å². The number of thiazole rings is 1. The van der Waals surface area contributed by atoms with E-state index in [-0.39, 0.29) is 23.9 Å². The first-order valence-electron chi connectivity index (χ1n) is 9.31. The Bertz CT molecular complexity index is 852. The number of nitrogens with one attached hydrogen (secondary N) is 2. The lowest BCUT2D eigenvalue weighted by Gasteiger charge is -2.38. The van der Waals surface area contributed by atoms with Crippen molar-refractivity contribution in [3.8, 4) is 0 Å². The average Bonchev–Trinajstić information content (AvgIpc) is 3.25. The van der Waals surface area contributed by atoms with Gasteiger partial charge in [0.25, 0.3) is 5.91 Å². The van der Waals surface area contributed by atoms with Gasteiger partial charge in [-0.15, -0.1) is 0 Å². The van der Waals surface area contributed by atoms with Crippen molar-refractivity contribution < 1.29 is 14.3 Å². The first kappa shape index (κ1) is 20.8. The molecule has 2 N–H and O–H groups in total. The monoisotopic (exact) mass is 425 g/mol. The normalized spacial score (nSPS) is 19.6. The SMILES string of the molecule is CCO[C@H]1CN(c2nc(C)c(C=O)s2)CC[C@H]1NC(=O)c1nc(Cl)c(CC)[nH]1. The average molecular weight is 426 g/mol. The van der Waals surface area contributed by atoms with Gasteiger partial charge in [-0.2, -0.15) is 0 Å². The molecular formula is C18H24ClN5O3S. The molecule has 1 saturated heterocycles. The van der Waals surface area contributed by atoms with Gasteiger partial charge >= 0.3 is 0 Å². The summed E-state index contributed by atoms with van der Waals surface area (Å²) in [7, 11) is 0. The van der Waals surface area contributed by atoms with E-state index >= 15 is 0 Å². The lowest BCUT2D eigenvalue weighted by atomic mass is 10.0. The van der Waals surface area contributed by atoms with Crippen molar-refractivity contribution in [2.75, 3.05) is 24.6 Å². The van der Waals surface area contributed by atoms with E-state index in [4.69, 9.17) is 16.3 Å². The molecule has 3 rings (SSSR count). The number of H-pyrrole nitrogens is 1. The maximum Gasteiger partial charge on any atom is 0.287 e. The van der Waals surface area contributed by atoms with Crippen LogP contribution in [0.25, 0.3) is 0 Å². The van der Waals surface area contributed by atoms with Gasteiger partial charge < -0.3 is 19.9 Å². The summed E-state index contributed by atoms with van der Waals surface area (Å²) < 4.78 is 5.89. The van der Waals surface area contributed by atoms with Crippen molar-refractivity contribution in [3.05, 3.63) is 27.2 Å². The third kappa shape index (κ3) is 4.37. The fourth-order valence-electron chi connectivity index (χ4n) is 3.24. The molecule has 1 aliphatic rings. The Labute approximate surface area is 172 Å². The van der Waals surface area contributed by atoms with Crippen LogP contribution < -0.4 is 10.2 Å². The van der Waals surface area contributed by atoms with E-state index in [1.807, 2.05) is 20.8 Å². The molecule has 3 heterocycles. The Balaban J connectivity index is 1.70. The van der Waals surface area contributed by atoms with E-state index in [1.165, 1.54) is 11.3 Å². The zero-order valence-electron chi connectivity index (χ0n) is 16.1. The number of hydrogen-bond acceptors (Lipinski definition) is 7. The number of aromatic amines is 1. The van der Waals surface area contributed by atoms with Crippen molar-refractivity contribution >= 4 is 40.3 Å². The number of anilines is 1. The van der Waals surface area contributed by atoms with Gasteiger partial charge in [0.05, 0.1) is 28.4 Å². The summed E-state index contributed by atoms with van der Waals surface area (Å²) in [4.78, 5) is 38.0. The van der Waals surface area contributed by atoms with Crippen LogP contribution >= 0.6 is 22.9 Å². The molecule has 0 radical (unpaired) electrons. The Kier molecular flexibility index (Phi) is 6.69. The van der Waals surface area contributed by atoms with Gasteiger partial charge in [-0.25, -0.2) is 9.97 Å². The van der Waals surface area contributed by atoms with Gasteiger partial charge in [-0.3, -0.25) is 9.59 Å². The lowest BCUT2D eigenvalue weighted by molar-refractivity contribution is 0.0271. The second-order valence-electron chi connectivity index (χ2n) is 6.58. The molecule has 0 aromatic carbocycles. The number of aryl methyl sites for hydroxylation is 2. The van der Waals surface area contributed by atoms with E-state index in [9.17, 15) is 9.59 Å². The maximum atomic E-state index is 12.6. The largest absolute Gasteiger partial charge is 0.375 e. The van der Waals surface area contributed by atoms with Crippen LogP contribution in [0.2, 0.25) is 5.15 Å². The van der Waals surface area contributed by atoms with Crippen LogP contribution in [-0.4, -0.2) is 59.0 Å². The predicted molar refractivity (Wildman–Crippen MR) is 109 cm³/mol. The molecule has 0 aliphatic carbocycles. The molecule has 8 nitrogen and oxygen atoms in total. The summed E-state index contributed by atoms with van der Waals surface area (Å²) in [5.74, 6) is -0.0798. The quantitative estimate of drug-likeness (QED) is 0.661. The molecule has 0 saturated carbocycles. The highest BCUT2D eigenvalue weighted by molar-refractivity contribution is 7.17. The number of halogens is 1. The van der Waals surface area contributed by atoms with Gasteiger partial charge in [0.2, 0.25) is 0 Å². The van der Waals surface area contributed by atoms with Crippen molar-refractivity contribution in [3.63, 3.8) is 0 Å². The second-order valence-corrected chi connectivity index (χ2v) is 7.95. The van der Waals surface area contributed by atoms with Crippen molar-refractivity contribution in [1.82, 2.24) is 20.3 Å². The highest BCUT2D eigenvalue weighted by Gasteiger charge is 2.33. The third-order valence-corrected chi connectivity index (χ3v) is 6.21. The lowest BCUT2D eigenvalue weighted by Crippen LogP contribution is -2.55. The van der Waals surface area contributed by atoms with Crippen molar-refractivity contribution in [2.45, 2.75) is 45.8 Å². The molecule has 28 heavy (non-hydrogen) atoms. The highest BCUT2D eigenvalue weighted by Crippen LogP contribution is 2.28. The molecule has 2 atom stereocenters. The highest BCUT2D eigenvalue weighted by atomic mass is 35.5. The van der Waals surface area contributed by atoms with Crippen LogP contribution in [0.3, 0.4) is 0 Å². The molecule has 0 unspecified atom stereocenters. The van der Waals surface area contributed by atoms with Gasteiger partial charge in [0.15, 0.2) is 22.4 Å². The fraction of sp³-hybridized carbons (Fsp3) is 0.556. The molecule has 152 valence electrons. The number of carbonyl (C=O) groups is 2. The molecule has 1 amide bonds. The molecule has 2 aromatic rings. The minimum absolute atomic E-state index is 0.149. The number of nitrogens with zero attached hydrogens (tertiary/aromatic N) is 3. The summed E-state index contributed by atoms with van der Waals surface area (Å²) in [6.07, 6.45) is 2.01. The molecular weight excluding hydrogens is 402 g/mol. The van der Waals surface area contributed by atoms with Crippen LogP contribution in [0, 0.1) is 6.92 Å². The number of aromatic nitrogens is 3. The van der Waals surface area contributed by atoms with Crippen molar-refractivity contribution in [2.24, 2.45) is 0 Å². The Morgan fingerprint density at radius 3 is 2.86 bits per heavy atom. The number of piperidine rings is 1. The van der Waals surface area contributed by atoms with Gasteiger partial charge in [0, 0.05) is 19.7 Å². The van der Waals surface area contributed by atoms with E-state index < -0.39 is 0 Å². The minimum atomic E-state index is -0.293. The maximum absolute atomic E-state index is 12.6. The Morgan fingerprint density at radius 1 is 1.46 bits per heavy atom. The second kappa shape index (κ2) is 9.02. The summed E-state index contributed by atoms with van der Waals surface area (Å²) in [6.45, 7) is 7.53. The minimum Gasteiger partial charge on any atom is -0.375 e. The fourth-order valence-corrected chi connectivity index (χ4v) is 4.42. The molecule has 2 aromatic heterocycles. The standard InChI is InChI=1S/C18H24ClN5O3S/c1-4-11-15(19)23-16(21-11)17(26)22-12-6-7-24(8-13(12)27-5-2)18-20-10(3)14(9-25)28-18/h9,12-13H,4-8H2,1-3H3,(H,21,23)(H,22,26)/t12-,13+/m1/s1. The number of aldehydes is 1. The molecule has 10 heteroatoms. The number of rotatable bonds is 7. The van der Waals surface area contributed by atoms with Crippen LogP contribution in [0.4, 0.5) is 5.13 Å². The van der Waals surface area contributed by atoms with Gasteiger partial charge in [-0.1, -0.05) is 29.9 Å². The van der Waals surface area contributed by atoms with Crippen LogP contribution in [0.1, 0.15) is 51.9 Å². The molecule has 1 aliphatic heterocycles. The molecule has 0 spiro atoms. The zero-order valence-corrected chi connectivity index (χ0v) is 17.7. The summed E-state index contributed by atoms with van der Waals surface area (Å²) in [5.41, 5.74) is 1.48. The van der Waals surface area contributed by atoms with E-state index in [0.717, 1.165) is 22.8 Å². The van der Waals surface area contributed by atoms with Crippen LogP contribution in [0.15, 0.2) is 0 Å². The first-order chi connectivity index (χ1) is 13.5. The number of amides is 1. The van der Waals surface area contributed by atoms with E-state index in [2.05, 4.69) is 25.2 Å². The molecule has 0 bridgehead atoms. The number of imidazole rings is 1.